The summed E-state index contributed by atoms with van der Waals surface area (Å²) in [7, 11) is -0.280. The molecule has 1 aliphatic heterocycles. The summed E-state index contributed by atoms with van der Waals surface area (Å²) in [4.78, 5) is 11.8. The van der Waals surface area contributed by atoms with Crippen molar-refractivity contribution in [3.05, 3.63) is 0 Å². The third-order valence-corrected chi connectivity index (χ3v) is 4.97. The van der Waals surface area contributed by atoms with Crippen LogP contribution in [-0.2, 0) is 19.6 Å². The maximum Gasteiger partial charge on any atom is 0.235 e. The van der Waals surface area contributed by atoms with E-state index >= 15 is 0 Å². The van der Waals surface area contributed by atoms with Crippen LogP contribution in [0.2, 0.25) is 0 Å². The lowest BCUT2D eigenvalue weighted by Crippen LogP contribution is -2.48. The number of carbonyl (C=O) groups is 1. The number of likely N-dealkylation sites (N-methyl/N-ethyl adjacent to an activating group) is 1. The van der Waals surface area contributed by atoms with E-state index in [1.165, 1.54) is 7.05 Å². The van der Waals surface area contributed by atoms with Crippen LogP contribution in [0.4, 0.5) is 0 Å². The molecule has 1 saturated heterocycles. The van der Waals surface area contributed by atoms with Gasteiger partial charge in [0.1, 0.15) is 0 Å². The van der Waals surface area contributed by atoms with Crippen LogP contribution in [0.25, 0.3) is 0 Å². The monoisotopic (exact) mass is 307 g/mol. The average Bonchev–Trinajstić information content (AvgIpc) is 2.37. The molecule has 118 valence electrons. The molecule has 0 radical (unpaired) electrons. The second-order valence-corrected chi connectivity index (χ2v) is 7.57. The van der Waals surface area contributed by atoms with Crippen LogP contribution < -0.4 is 10.6 Å². The van der Waals surface area contributed by atoms with E-state index in [-0.39, 0.29) is 17.9 Å². The minimum absolute atomic E-state index is 0.0562. The van der Waals surface area contributed by atoms with Crippen molar-refractivity contribution in [2.75, 3.05) is 53.2 Å². The molecule has 1 fully saturated rings. The Kier molecular flexibility index (Phi) is 6.38. The third-order valence-electron chi connectivity index (χ3n) is 3.71. The van der Waals surface area contributed by atoms with Crippen LogP contribution in [0.5, 0.6) is 0 Å². The van der Waals surface area contributed by atoms with Crippen molar-refractivity contribution in [1.82, 2.24) is 14.9 Å². The van der Waals surface area contributed by atoms with Crippen LogP contribution in [0.1, 0.15) is 12.8 Å². The Morgan fingerprint density at radius 2 is 2.00 bits per heavy atom. The van der Waals surface area contributed by atoms with Gasteiger partial charge < -0.3 is 15.4 Å². The van der Waals surface area contributed by atoms with Crippen molar-refractivity contribution >= 4 is 15.9 Å². The van der Waals surface area contributed by atoms with Crippen LogP contribution in [0.15, 0.2) is 0 Å². The second kappa shape index (κ2) is 7.35. The Morgan fingerprint density at radius 1 is 1.40 bits per heavy atom. The maximum atomic E-state index is 11.8. The number of rotatable bonds is 7. The SMILES string of the molecule is COCC1(CNC(=O)CN(C)S(C)(=O)=O)CCNCC1. The number of piperidine rings is 1. The molecule has 0 aromatic rings. The van der Waals surface area contributed by atoms with E-state index in [0.717, 1.165) is 36.5 Å². The van der Waals surface area contributed by atoms with Gasteiger partial charge in [0.05, 0.1) is 19.4 Å². The van der Waals surface area contributed by atoms with Gasteiger partial charge in [0.15, 0.2) is 0 Å². The molecule has 0 bridgehead atoms. The van der Waals surface area contributed by atoms with Crippen LogP contribution >= 0.6 is 0 Å². The third kappa shape index (κ3) is 5.35. The molecule has 1 aliphatic rings. The largest absolute Gasteiger partial charge is 0.384 e. The number of sulfonamides is 1. The Bertz CT molecular complexity index is 413. The lowest BCUT2D eigenvalue weighted by Gasteiger charge is -2.37. The van der Waals surface area contributed by atoms with E-state index in [0.29, 0.717) is 13.2 Å². The first-order chi connectivity index (χ1) is 9.29. The summed E-state index contributed by atoms with van der Waals surface area (Å²) in [6.45, 7) is 2.76. The molecule has 0 aromatic carbocycles. The molecule has 0 spiro atoms. The van der Waals surface area contributed by atoms with E-state index in [9.17, 15) is 13.2 Å². The maximum absolute atomic E-state index is 11.8. The zero-order chi connectivity index (χ0) is 15.2. The summed E-state index contributed by atoms with van der Waals surface area (Å²) >= 11 is 0. The van der Waals surface area contributed by atoms with Crippen molar-refractivity contribution in [3.8, 4) is 0 Å². The van der Waals surface area contributed by atoms with E-state index in [2.05, 4.69) is 10.6 Å². The van der Waals surface area contributed by atoms with Gasteiger partial charge in [-0.1, -0.05) is 0 Å². The quantitative estimate of drug-likeness (QED) is 0.630. The molecular formula is C12H25N3O4S. The number of methoxy groups -OCH3 is 1. The zero-order valence-electron chi connectivity index (χ0n) is 12.4. The Labute approximate surface area is 121 Å². The van der Waals surface area contributed by atoms with Crippen molar-refractivity contribution in [1.29, 1.82) is 0 Å². The molecule has 0 aliphatic carbocycles. The molecule has 0 aromatic heterocycles. The topological polar surface area (TPSA) is 87.7 Å². The van der Waals surface area contributed by atoms with Crippen LogP contribution in [-0.4, -0.2) is 71.8 Å². The van der Waals surface area contributed by atoms with Crippen molar-refractivity contribution < 1.29 is 17.9 Å². The van der Waals surface area contributed by atoms with E-state index < -0.39 is 10.0 Å². The number of hydrogen-bond acceptors (Lipinski definition) is 5. The van der Waals surface area contributed by atoms with Gasteiger partial charge in [0.25, 0.3) is 0 Å². The number of amides is 1. The molecule has 2 N–H and O–H groups in total. The summed E-state index contributed by atoms with van der Waals surface area (Å²) in [5.74, 6) is -0.285. The van der Waals surface area contributed by atoms with Crippen molar-refractivity contribution in [2.24, 2.45) is 5.41 Å². The molecule has 0 atom stereocenters. The van der Waals surface area contributed by atoms with Gasteiger partial charge in [-0.05, 0) is 25.9 Å². The Balaban J connectivity index is 2.49. The van der Waals surface area contributed by atoms with E-state index in [1.54, 1.807) is 7.11 Å². The lowest BCUT2D eigenvalue weighted by atomic mass is 9.79. The zero-order valence-corrected chi connectivity index (χ0v) is 13.3. The standard InChI is InChI=1S/C12H25N3O4S/c1-15(20(3,17)18)8-11(16)14-9-12(10-19-2)4-6-13-7-5-12/h13H,4-10H2,1-3H3,(H,14,16). The van der Waals surface area contributed by atoms with Crippen molar-refractivity contribution in [2.45, 2.75) is 12.8 Å². The first-order valence-corrected chi connectivity index (χ1v) is 8.52. The summed E-state index contributed by atoms with van der Waals surface area (Å²) in [5, 5.41) is 6.11. The molecule has 7 nitrogen and oxygen atoms in total. The fourth-order valence-electron chi connectivity index (χ4n) is 2.30. The Morgan fingerprint density at radius 3 is 2.50 bits per heavy atom. The minimum Gasteiger partial charge on any atom is -0.384 e. The summed E-state index contributed by atoms with van der Waals surface area (Å²) in [6, 6.07) is 0. The highest BCUT2D eigenvalue weighted by Crippen LogP contribution is 2.28. The second-order valence-electron chi connectivity index (χ2n) is 5.48. The number of hydrogen-bond donors (Lipinski definition) is 2. The first-order valence-electron chi connectivity index (χ1n) is 6.67. The minimum atomic E-state index is -3.33. The number of carbonyl (C=O) groups excluding carboxylic acids is 1. The summed E-state index contributed by atoms with van der Waals surface area (Å²) < 4.78 is 28.8. The van der Waals surface area contributed by atoms with Gasteiger partial charge in [-0.15, -0.1) is 0 Å². The van der Waals surface area contributed by atoms with Gasteiger partial charge in [-0.25, -0.2) is 8.42 Å². The van der Waals surface area contributed by atoms with Gasteiger partial charge >= 0.3 is 0 Å². The number of nitrogens with one attached hydrogen (secondary N) is 2. The highest BCUT2D eigenvalue weighted by Gasteiger charge is 2.32. The highest BCUT2D eigenvalue weighted by molar-refractivity contribution is 7.88. The predicted molar refractivity (Wildman–Crippen MR) is 76.9 cm³/mol. The summed E-state index contributed by atoms with van der Waals surface area (Å²) in [6.07, 6.45) is 2.95. The van der Waals surface area contributed by atoms with Crippen LogP contribution in [0, 0.1) is 5.41 Å². The van der Waals surface area contributed by atoms with E-state index in [1.807, 2.05) is 0 Å². The highest BCUT2D eigenvalue weighted by atomic mass is 32.2. The molecule has 0 unspecified atom stereocenters. The molecular weight excluding hydrogens is 282 g/mol. The average molecular weight is 307 g/mol. The lowest BCUT2D eigenvalue weighted by molar-refractivity contribution is -0.122. The number of nitrogens with zero attached hydrogens (tertiary/aromatic N) is 1. The normalized spacial score (nSPS) is 19.0. The van der Waals surface area contributed by atoms with Crippen molar-refractivity contribution in [3.63, 3.8) is 0 Å². The van der Waals surface area contributed by atoms with Gasteiger partial charge in [0, 0.05) is 26.1 Å². The van der Waals surface area contributed by atoms with Gasteiger partial charge in [-0.2, -0.15) is 4.31 Å². The molecule has 1 amide bonds. The fourth-order valence-corrected chi connectivity index (χ4v) is 2.65. The van der Waals surface area contributed by atoms with Crippen LogP contribution in [0.3, 0.4) is 0 Å². The molecule has 8 heteroatoms. The van der Waals surface area contributed by atoms with Gasteiger partial charge in [-0.3, -0.25) is 4.79 Å². The smallest absolute Gasteiger partial charge is 0.235 e. The first kappa shape index (κ1) is 17.4. The molecule has 1 heterocycles. The molecule has 20 heavy (non-hydrogen) atoms. The fraction of sp³-hybridized carbons (Fsp3) is 0.917. The van der Waals surface area contributed by atoms with Gasteiger partial charge in [0.2, 0.25) is 15.9 Å². The molecule has 0 saturated carbocycles. The summed E-state index contributed by atoms with van der Waals surface area (Å²) in [5.41, 5.74) is -0.0562. The Hall–Kier alpha value is -0.700. The number of ether oxygens (including phenoxy) is 1. The predicted octanol–water partition coefficient (Wildman–Crippen LogP) is -0.990. The molecule has 1 rings (SSSR count). The van der Waals surface area contributed by atoms with E-state index in [4.69, 9.17) is 4.74 Å².